The topological polar surface area (TPSA) is 117 Å². The lowest BCUT2D eigenvalue weighted by molar-refractivity contribution is 0.308. The van der Waals surface area contributed by atoms with Crippen LogP contribution in [0.25, 0.3) is 33.5 Å². The normalized spacial score (nSPS) is 11.7. The molecule has 10 nitrogen and oxygen atoms in total. The van der Waals surface area contributed by atoms with Crippen molar-refractivity contribution >= 4 is 11.0 Å². The first-order valence-corrected chi connectivity index (χ1v) is 12.8. The van der Waals surface area contributed by atoms with E-state index in [1.54, 1.807) is 0 Å². The number of imidazole rings is 1. The molecule has 0 atom stereocenters. The van der Waals surface area contributed by atoms with Crippen LogP contribution >= 0.6 is 0 Å². The SMILES string of the molecule is CCOc1nnc(OCC)c2c1nc(CC(C)(C)C)n2Cc1ccccc1-c1ccccc1-c1nn[nH]n1. The van der Waals surface area contributed by atoms with Crippen LogP contribution in [0.5, 0.6) is 11.8 Å². The first-order valence-electron chi connectivity index (χ1n) is 12.8. The Hall–Kier alpha value is -4.34. The van der Waals surface area contributed by atoms with Gasteiger partial charge >= 0.3 is 0 Å². The molecule has 0 aliphatic rings. The van der Waals surface area contributed by atoms with Gasteiger partial charge in [-0.15, -0.1) is 20.4 Å². The van der Waals surface area contributed by atoms with Gasteiger partial charge in [0.15, 0.2) is 5.52 Å². The first kappa shape index (κ1) is 25.3. The van der Waals surface area contributed by atoms with Gasteiger partial charge in [-0.3, -0.25) is 0 Å². The van der Waals surface area contributed by atoms with Gasteiger partial charge in [-0.25, -0.2) is 4.98 Å². The summed E-state index contributed by atoms with van der Waals surface area (Å²) in [5, 5.41) is 23.4. The standard InChI is InChI=1S/C28H32N8O2/c1-6-37-26-23-24(27(33-32-26)38-7-2)36(22(29-23)16-28(3,4)5)17-18-12-8-9-13-19(18)20-14-10-11-15-21(20)25-30-34-35-31-25/h8-15H,6-7,16-17H2,1-5H3,(H,30,31,34,35). The van der Waals surface area contributed by atoms with E-state index in [0.29, 0.717) is 42.9 Å². The minimum absolute atomic E-state index is 0.00226. The maximum atomic E-state index is 5.94. The van der Waals surface area contributed by atoms with E-state index in [9.17, 15) is 0 Å². The van der Waals surface area contributed by atoms with Crippen molar-refractivity contribution in [3.8, 4) is 34.3 Å². The van der Waals surface area contributed by atoms with Crippen molar-refractivity contribution in [3.63, 3.8) is 0 Å². The molecule has 3 heterocycles. The Morgan fingerprint density at radius 2 is 1.47 bits per heavy atom. The van der Waals surface area contributed by atoms with E-state index < -0.39 is 0 Å². The fourth-order valence-electron chi connectivity index (χ4n) is 4.58. The van der Waals surface area contributed by atoms with Crippen molar-refractivity contribution in [2.24, 2.45) is 5.41 Å². The monoisotopic (exact) mass is 512 g/mol. The molecule has 0 bridgehead atoms. The second-order valence-corrected chi connectivity index (χ2v) is 10.2. The predicted molar refractivity (Wildman–Crippen MR) is 145 cm³/mol. The molecule has 5 rings (SSSR count). The van der Waals surface area contributed by atoms with Crippen LogP contribution in [0.4, 0.5) is 0 Å². The van der Waals surface area contributed by atoms with Gasteiger partial charge in [0.2, 0.25) is 5.82 Å². The lowest BCUT2D eigenvalue weighted by Crippen LogP contribution is -2.15. The van der Waals surface area contributed by atoms with Gasteiger partial charge in [0.1, 0.15) is 11.3 Å². The highest BCUT2D eigenvalue weighted by atomic mass is 16.5. The number of H-pyrrole nitrogens is 1. The number of nitrogens with zero attached hydrogens (tertiary/aromatic N) is 7. The minimum Gasteiger partial charge on any atom is -0.475 e. The smallest absolute Gasteiger partial charge is 0.262 e. The molecule has 0 unspecified atom stereocenters. The van der Waals surface area contributed by atoms with Crippen molar-refractivity contribution in [1.82, 2.24) is 40.4 Å². The summed E-state index contributed by atoms with van der Waals surface area (Å²) < 4.78 is 14.0. The van der Waals surface area contributed by atoms with E-state index in [0.717, 1.165) is 40.0 Å². The summed E-state index contributed by atoms with van der Waals surface area (Å²) in [5.74, 6) is 2.33. The Labute approximate surface area is 221 Å². The Morgan fingerprint density at radius 3 is 2.16 bits per heavy atom. The molecule has 0 fully saturated rings. The summed E-state index contributed by atoms with van der Waals surface area (Å²) >= 11 is 0. The number of rotatable bonds is 9. The second-order valence-electron chi connectivity index (χ2n) is 10.2. The number of hydrogen-bond acceptors (Lipinski definition) is 8. The summed E-state index contributed by atoms with van der Waals surface area (Å²) in [5.41, 5.74) is 5.55. The zero-order valence-corrected chi connectivity index (χ0v) is 22.4. The summed E-state index contributed by atoms with van der Waals surface area (Å²) in [6.07, 6.45) is 0.750. The molecule has 0 aliphatic heterocycles. The zero-order chi connectivity index (χ0) is 26.7. The van der Waals surface area contributed by atoms with Crippen molar-refractivity contribution in [2.75, 3.05) is 13.2 Å². The molecule has 38 heavy (non-hydrogen) atoms. The number of aromatic nitrogens is 8. The summed E-state index contributed by atoms with van der Waals surface area (Å²) in [7, 11) is 0. The maximum absolute atomic E-state index is 5.94. The van der Waals surface area contributed by atoms with E-state index in [1.165, 1.54) is 0 Å². The maximum Gasteiger partial charge on any atom is 0.262 e. The van der Waals surface area contributed by atoms with Crippen LogP contribution in [-0.2, 0) is 13.0 Å². The fraction of sp³-hybridized carbons (Fsp3) is 0.357. The van der Waals surface area contributed by atoms with Crippen LogP contribution in [0, 0.1) is 5.41 Å². The van der Waals surface area contributed by atoms with Crippen molar-refractivity contribution in [2.45, 2.75) is 47.6 Å². The summed E-state index contributed by atoms with van der Waals surface area (Å²) in [6, 6.07) is 16.4. The van der Waals surface area contributed by atoms with Crippen LogP contribution in [0.3, 0.4) is 0 Å². The number of nitrogens with one attached hydrogen (secondary N) is 1. The molecule has 10 heteroatoms. The van der Waals surface area contributed by atoms with Crippen LogP contribution in [0.2, 0.25) is 0 Å². The van der Waals surface area contributed by atoms with E-state index in [-0.39, 0.29) is 5.41 Å². The minimum atomic E-state index is 0.00226. The number of aromatic amines is 1. The van der Waals surface area contributed by atoms with Crippen LogP contribution in [0.1, 0.15) is 46.0 Å². The first-order chi connectivity index (χ1) is 18.4. The van der Waals surface area contributed by atoms with E-state index in [4.69, 9.17) is 14.5 Å². The van der Waals surface area contributed by atoms with Gasteiger partial charge in [-0.05, 0) is 41.2 Å². The van der Waals surface area contributed by atoms with Gasteiger partial charge in [0.25, 0.3) is 11.8 Å². The molecule has 196 valence electrons. The quantitative estimate of drug-likeness (QED) is 0.290. The third kappa shape index (κ3) is 5.06. The molecule has 2 aromatic carbocycles. The lowest BCUT2D eigenvalue weighted by Gasteiger charge is -2.20. The number of benzene rings is 2. The van der Waals surface area contributed by atoms with Crippen molar-refractivity contribution in [1.29, 1.82) is 0 Å². The van der Waals surface area contributed by atoms with Crippen molar-refractivity contribution in [3.05, 3.63) is 59.9 Å². The largest absolute Gasteiger partial charge is 0.475 e. The molecule has 0 radical (unpaired) electrons. The van der Waals surface area contributed by atoms with E-state index in [2.05, 4.69) is 74.4 Å². The van der Waals surface area contributed by atoms with Gasteiger partial charge in [-0.2, -0.15) is 5.21 Å². The molecule has 0 spiro atoms. The predicted octanol–water partition coefficient (Wildman–Crippen LogP) is 5.11. The van der Waals surface area contributed by atoms with Crippen molar-refractivity contribution < 1.29 is 9.47 Å². The lowest BCUT2D eigenvalue weighted by atomic mass is 9.91. The summed E-state index contributed by atoms with van der Waals surface area (Å²) in [4.78, 5) is 5.04. The number of ether oxygens (including phenoxy) is 2. The van der Waals surface area contributed by atoms with Gasteiger partial charge in [0, 0.05) is 12.0 Å². The number of hydrogen-bond donors (Lipinski definition) is 1. The molecule has 0 saturated heterocycles. The number of tetrazole rings is 1. The third-order valence-electron chi connectivity index (χ3n) is 6.08. The van der Waals surface area contributed by atoms with Crippen LogP contribution < -0.4 is 9.47 Å². The Balaban J connectivity index is 1.71. The average molecular weight is 513 g/mol. The molecule has 0 aliphatic carbocycles. The van der Waals surface area contributed by atoms with Gasteiger partial charge < -0.3 is 14.0 Å². The van der Waals surface area contributed by atoms with Gasteiger partial charge in [-0.1, -0.05) is 69.3 Å². The summed E-state index contributed by atoms with van der Waals surface area (Å²) in [6.45, 7) is 12.0. The fourth-order valence-corrected chi connectivity index (χ4v) is 4.58. The molecule has 0 saturated carbocycles. The highest BCUT2D eigenvalue weighted by Crippen LogP contribution is 2.36. The highest BCUT2D eigenvalue weighted by Gasteiger charge is 2.25. The second kappa shape index (κ2) is 10.6. The Morgan fingerprint density at radius 1 is 0.816 bits per heavy atom. The molecule has 0 amide bonds. The van der Waals surface area contributed by atoms with E-state index in [1.807, 2.05) is 44.2 Å². The Kier molecular flexibility index (Phi) is 7.04. The highest BCUT2D eigenvalue weighted by molar-refractivity contribution is 5.86. The van der Waals surface area contributed by atoms with Crippen LogP contribution in [-0.4, -0.2) is 53.6 Å². The van der Waals surface area contributed by atoms with E-state index >= 15 is 0 Å². The molecular weight excluding hydrogens is 480 g/mol. The third-order valence-corrected chi connectivity index (χ3v) is 6.08. The molecule has 1 N–H and O–H groups in total. The van der Waals surface area contributed by atoms with Crippen LogP contribution in [0.15, 0.2) is 48.5 Å². The Bertz CT molecular complexity index is 1540. The van der Waals surface area contributed by atoms with Gasteiger partial charge in [0.05, 0.1) is 19.8 Å². The molecular formula is C28H32N8O2. The zero-order valence-electron chi connectivity index (χ0n) is 22.4. The molecule has 5 aromatic rings. The average Bonchev–Trinajstić information content (AvgIpc) is 3.55. The molecule has 3 aromatic heterocycles. The number of fused-ring (bicyclic) bond motifs is 1.